The van der Waals surface area contributed by atoms with Gasteiger partial charge in [0.1, 0.15) is 0 Å². The summed E-state index contributed by atoms with van der Waals surface area (Å²) in [5, 5.41) is 16.1. The number of carbonyl (C=O) groups excluding carboxylic acids is 1. The highest BCUT2D eigenvalue weighted by Crippen LogP contribution is 2.20. The first kappa shape index (κ1) is 11.3. The fraction of sp³-hybridized carbons (Fsp3) is 0.400. The lowest BCUT2D eigenvalue weighted by Gasteiger charge is -2.06. The third-order valence-corrected chi connectivity index (χ3v) is 2.34. The van der Waals surface area contributed by atoms with Gasteiger partial charge in [-0.1, -0.05) is 0 Å². The highest BCUT2D eigenvalue weighted by Gasteiger charge is 2.23. The van der Waals surface area contributed by atoms with Gasteiger partial charge in [0.25, 0.3) is 0 Å². The summed E-state index contributed by atoms with van der Waals surface area (Å²) in [7, 11) is 0. The van der Waals surface area contributed by atoms with E-state index in [-0.39, 0.29) is 30.0 Å². The van der Waals surface area contributed by atoms with Gasteiger partial charge in [-0.25, -0.2) is 4.98 Å². The Morgan fingerprint density at radius 3 is 3.00 bits per heavy atom. The van der Waals surface area contributed by atoms with Crippen LogP contribution < -0.4 is 10.6 Å². The summed E-state index contributed by atoms with van der Waals surface area (Å²) in [6, 6.07) is 3.10. The second kappa shape index (κ2) is 4.77. The van der Waals surface area contributed by atoms with Gasteiger partial charge in [-0.3, -0.25) is 14.9 Å². The van der Waals surface area contributed by atoms with E-state index in [0.717, 1.165) is 12.8 Å². The average Bonchev–Trinajstić information content (AvgIpc) is 3.10. The van der Waals surface area contributed by atoms with Crippen molar-refractivity contribution >= 4 is 17.4 Å². The Hall–Kier alpha value is -2.18. The molecule has 1 amide bonds. The molecule has 1 heterocycles. The molecule has 0 aromatic carbocycles. The van der Waals surface area contributed by atoms with Crippen LogP contribution in [0.3, 0.4) is 0 Å². The molecule has 90 valence electrons. The standard InChI is InChI=1S/C10H12N4O3/c15-9(13-7-3-4-7)6-12-10-8(14(16)17)2-1-5-11-10/h1-2,5,7H,3-4,6H2,(H,11,12)(H,13,15). The van der Waals surface area contributed by atoms with Crippen LogP contribution >= 0.6 is 0 Å². The van der Waals surface area contributed by atoms with E-state index in [2.05, 4.69) is 15.6 Å². The van der Waals surface area contributed by atoms with Crippen LogP contribution in [0, 0.1) is 10.1 Å². The van der Waals surface area contributed by atoms with E-state index in [9.17, 15) is 14.9 Å². The lowest BCUT2D eigenvalue weighted by atomic mass is 10.4. The number of rotatable bonds is 5. The molecular formula is C10H12N4O3. The largest absolute Gasteiger partial charge is 0.355 e. The normalized spacial score (nSPS) is 14.1. The van der Waals surface area contributed by atoms with Gasteiger partial charge in [-0.2, -0.15) is 0 Å². The van der Waals surface area contributed by atoms with Crippen molar-refractivity contribution in [2.45, 2.75) is 18.9 Å². The van der Waals surface area contributed by atoms with Gasteiger partial charge in [0, 0.05) is 18.3 Å². The van der Waals surface area contributed by atoms with Crippen LogP contribution in [0.5, 0.6) is 0 Å². The zero-order valence-electron chi connectivity index (χ0n) is 9.05. The molecule has 1 saturated carbocycles. The number of pyridine rings is 1. The monoisotopic (exact) mass is 236 g/mol. The molecule has 1 aromatic heterocycles. The number of hydrogen-bond donors (Lipinski definition) is 2. The van der Waals surface area contributed by atoms with Crippen LogP contribution in [0.25, 0.3) is 0 Å². The van der Waals surface area contributed by atoms with Gasteiger partial charge in [0.05, 0.1) is 11.5 Å². The van der Waals surface area contributed by atoms with Crippen LogP contribution in [0.4, 0.5) is 11.5 Å². The van der Waals surface area contributed by atoms with Crippen molar-refractivity contribution in [2.75, 3.05) is 11.9 Å². The van der Waals surface area contributed by atoms with E-state index in [1.54, 1.807) is 0 Å². The number of nitrogens with one attached hydrogen (secondary N) is 2. The van der Waals surface area contributed by atoms with E-state index in [4.69, 9.17) is 0 Å². The summed E-state index contributed by atoms with van der Waals surface area (Å²) >= 11 is 0. The van der Waals surface area contributed by atoms with Gasteiger partial charge in [-0.15, -0.1) is 0 Å². The maximum atomic E-state index is 11.4. The highest BCUT2D eigenvalue weighted by molar-refractivity contribution is 5.81. The van der Waals surface area contributed by atoms with Gasteiger partial charge >= 0.3 is 5.69 Å². The summed E-state index contributed by atoms with van der Waals surface area (Å²) in [6.07, 6.45) is 3.46. The number of aromatic nitrogens is 1. The minimum Gasteiger partial charge on any atom is -0.355 e. The molecule has 2 rings (SSSR count). The van der Waals surface area contributed by atoms with Crippen LogP contribution in [0.1, 0.15) is 12.8 Å². The molecule has 0 aliphatic heterocycles. The Kier molecular flexibility index (Phi) is 3.17. The summed E-state index contributed by atoms with van der Waals surface area (Å²) in [5.41, 5.74) is -0.133. The van der Waals surface area contributed by atoms with Gasteiger partial charge < -0.3 is 10.6 Å². The number of amides is 1. The molecular weight excluding hydrogens is 224 g/mol. The molecule has 0 bridgehead atoms. The number of carbonyl (C=O) groups is 1. The molecule has 17 heavy (non-hydrogen) atoms. The van der Waals surface area contributed by atoms with Crippen LogP contribution in [0.2, 0.25) is 0 Å². The number of anilines is 1. The van der Waals surface area contributed by atoms with Gasteiger partial charge in [-0.05, 0) is 18.9 Å². The summed E-state index contributed by atoms with van der Waals surface area (Å²) in [5.74, 6) is -0.0594. The molecule has 7 heteroatoms. The predicted molar refractivity (Wildman–Crippen MR) is 60.5 cm³/mol. The van der Waals surface area contributed by atoms with Crippen molar-refractivity contribution in [3.8, 4) is 0 Å². The maximum absolute atomic E-state index is 11.4. The van der Waals surface area contributed by atoms with Gasteiger partial charge in [0.2, 0.25) is 11.7 Å². The SMILES string of the molecule is O=C(CNc1ncccc1[N+](=O)[O-])NC1CC1. The first-order valence-corrected chi connectivity index (χ1v) is 5.29. The van der Waals surface area contributed by atoms with E-state index >= 15 is 0 Å². The molecule has 0 radical (unpaired) electrons. The third-order valence-electron chi connectivity index (χ3n) is 2.34. The molecule has 7 nitrogen and oxygen atoms in total. The van der Waals surface area contributed by atoms with Crippen LogP contribution in [0.15, 0.2) is 18.3 Å². The zero-order chi connectivity index (χ0) is 12.3. The topological polar surface area (TPSA) is 97.2 Å². The quantitative estimate of drug-likeness (QED) is 0.578. The fourth-order valence-corrected chi connectivity index (χ4v) is 1.35. The lowest BCUT2D eigenvalue weighted by Crippen LogP contribution is -2.31. The van der Waals surface area contributed by atoms with E-state index in [1.165, 1.54) is 18.3 Å². The summed E-state index contributed by atoms with van der Waals surface area (Å²) in [4.78, 5) is 25.4. The Morgan fingerprint density at radius 2 is 2.35 bits per heavy atom. The van der Waals surface area contributed by atoms with Crippen molar-refractivity contribution in [3.05, 3.63) is 28.4 Å². The molecule has 0 unspecified atom stereocenters. The Labute approximate surface area is 97.4 Å². The third kappa shape index (κ3) is 3.13. The first-order valence-electron chi connectivity index (χ1n) is 5.29. The maximum Gasteiger partial charge on any atom is 0.311 e. The number of nitrogens with zero attached hydrogens (tertiary/aromatic N) is 2. The lowest BCUT2D eigenvalue weighted by molar-refractivity contribution is -0.384. The first-order chi connectivity index (χ1) is 8.16. The molecule has 0 spiro atoms. The molecule has 0 atom stereocenters. The predicted octanol–water partition coefficient (Wildman–Crippen LogP) is 0.680. The van der Waals surface area contributed by atoms with Gasteiger partial charge in [0.15, 0.2) is 0 Å². The van der Waals surface area contributed by atoms with Crippen LogP contribution in [-0.2, 0) is 4.79 Å². The van der Waals surface area contributed by atoms with Crippen molar-refractivity contribution < 1.29 is 9.72 Å². The Morgan fingerprint density at radius 1 is 1.59 bits per heavy atom. The highest BCUT2D eigenvalue weighted by atomic mass is 16.6. The molecule has 0 saturated heterocycles. The van der Waals surface area contributed by atoms with Crippen molar-refractivity contribution in [2.24, 2.45) is 0 Å². The minimum atomic E-state index is -0.534. The molecule has 1 fully saturated rings. The van der Waals surface area contributed by atoms with E-state index in [0.29, 0.717) is 0 Å². The number of nitro groups is 1. The minimum absolute atomic E-state index is 0.00560. The average molecular weight is 236 g/mol. The van der Waals surface area contributed by atoms with E-state index < -0.39 is 4.92 Å². The van der Waals surface area contributed by atoms with Crippen molar-refractivity contribution in [1.29, 1.82) is 0 Å². The Bertz CT molecular complexity index is 445. The molecule has 2 N–H and O–H groups in total. The fourth-order valence-electron chi connectivity index (χ4n) is 1.35. The Balaban J connectivity index is 1.93. The second-order valence-electron chi connectivity index (χ2n) is 3.82. The summed E-state index contributed by atoms with van der Waals surface area (Å²) < 4.78 is 0. The van der Waals surface area contributed by atoms with E-state index in [1.807, 2.05) is 0 Å². The second-order valence-corrected chi connectivity index (χ2v) is 3.82. The molecule has 1 aliphatic rings. The molecule has 1 aliphatic carbocycles. The number of hydrogen-bond acceptors (Lipinski definition) is 5. The zero-order valence-corrected chi connectivity index (χ0v) is 9.05. The van der Waals surface area contributed by atoms with Crippen LogP contribution in [-0.4, -0.2) is 28.4 Å². The molecule has 1 aromatic rings. The smallest absolute Gasteiger partial charge is 0.311 e. The van der Waals surface area contributed by atoms with Crippen molar-refractivity contribution in [3.63, 3.8) is 0 Å². The summed E-state index contributed by atoms with van der Waals surface area (Å²) in [6.45, 7) is -0.00560. The van der Waals surface area contributed by atoms with Crippen molar-refractivity contribution in [1.82, 2.24) is 10.3 Å².